The van der Waals surface area contributed by atoms with Crippen LogP contribution in [0.15, 0.2) is 30.3 Å². The topological polar surface area (TPSA) is 6.48 Å². The maximum absolute atomic E-state index is 2.66. The van der Waals surface area contributed by atoms with Gasteiger partial charge in [0, 0.05) is 31.6 Å². The minimum absolute atomic E-state index is 0.685. The molecule has 2 aliphatic heterocycles. The highest BCUT2D eigenvalue weighted by molar-refractivity contribution is 5.70. The third-order valence-electron chi connectivity index (χ3n) is 6.44. The first-order valence-corrected chi connectivity index (χ1v) is 9.96. The minimum Gasteiger partial charge on any atom is -0.303 e. The molecule has 2 atom stereocenters. The molecule has 0 unspecified atom stereocenters. The molecule has 1 aromatic rings. The molecule has 2 saturated heterocycles. The molecule has 1 aromatic carbocycles. The minimum atomic E-state index is 0.685. The Balaban J connectivity index is 1.38. The molecule has 0 saturated carbocycles. The first-order valence-electron chi connectivity index (χ1n) is 9.96. The molecule has 130 valence electrons. The molecule has 0 radical (unpaired) electrons. The third kappa shape index (κ3) is 3.32. The summed E-state index contributed by atoms with van der Waals surface area (Å²) in [6.45, 7) is 11.1. The number of likely N-dealkylation sites (tertiary alicyclic amines) is 2. The van der Waals surface area contributed by atoms with Crippen LogP contribution in [0.25, 0.3) is 5.57 Å². The molecule has 0 bridgehead atoms. The third-order valence-corrected chi connectivity index (χ3v) is 6.44. The molecule has 0 spiro atoms. The quantitative estimate of drug-likeness (QED) is 0.805. The van der Waals surface area contributed by atoms with Crippen LogP contribution in [0.1, 0.15) is 44.2 Å². The van der Waals surface area contributed by atoms with Gasteiger partial charge in [-0.1, -0.05) is 30.3 Å². The van der Waals surface area contributed by atoms with E-state index in [1.165, 1.54) is 69.5 Å². The standard InChI is InChI=1S/C22H32N2/c1-17(2)24-15-20-9-10-21(22(20)16-24)19-7-5-18(6-8-19)11-14-23-12-3-4-13-23/h5-8,10,17,20,22H,3-4,9,11-16H2,1-2H3/t20-,22+/m0/s1. The van der Waals surface area contributed by atoms with Crippen LogP contribution < -0.4 is 0 Å². The lowest BCUT2D eigenvalue weighted by atomic mass is 9.90. The maximum atomic E-state index is 2.66. The first kappa shape index (κ1) is 16.4. The smallest absolute Gasteiger partial charge is 0.00565 e. The fourth-order valence-electron chi connectivity index (χ4n) is 4.84. The Morgan fingerprint density at radius 1 is 1.04 bits per heavy atom. The molecule has 2 fully saturated rings. The van der Waals surface area contributed by atoms with Crippen LogP contribution in [-0.2, 0) is 6.42 Å². The number of hydrogen-bond acceptors (Lipinski definition) is 2. The van der Waals surface area contributed by atoms with E-state index < -0.39 is 0 Å². The van der Waals surface area contributed by atoms with Gasteiger partial charge in [0.25, 0.3) is 0 Å². The number of hydrogen-bond donors (Lipinski definition) is 0. The lowest BCUT2D eigenvalue weighted by molar-refractivity contribution is 0.263. The highest BCUT2D eigenvalue weighted by Gasteiger charge is 2.38. The molecular weight excluding hydrogens is 292 g/mol. The van der Waals surface area contributed by atoms with Crippen LogP contribution in [0.5, 0.6) is 0 Å². The SMILES string of the molecule is CC(C)N1C[C@@H]2CC=C(c3ccc(CCN4CCCC4)cc3)[C@@H]2C1. The van der Waals surface area contributed by atoms with E-state index in [-0.39, 0.29) is 0 Å². The molecule has 2 heterocycles. The van der Waals surface area contributed by atoms with Gasteiger partial charge in [0.05, 0.1) is 0 Å². The Labute approximate surface area is 147 Å². The monoisotopic (exact) mass is 324 g/mol. The summed E-state index contributed by atoms with van der Waals surface area (Å²) in [5.74, 6) is 1.63. The second kappa shape index (κ2) is 7.01. The average molecular weight is 325 g/mol. The van der Waals surface area contributed by atoms with E-state index in [1.807, 2.05) is 0 Å². The molecule has 2 nitrogen and oxygen atoms in total. The number of nitrogens with zero attached hydrogens (tertiary/aromatic N) is 2. The zero-order valence-corrected chi connectivity index (χ0v) is 15.4. The predicted octanol–water partition coefficient (Wildman–Crippen LogP) is 4.07. The van der Waals surface area contributed by atoms with E-state index in [4.69, 9.17) is 0 Å². The van der Waals surface area contributed by atoms with Crippen molar-refractivity contribution in [3.05, 3.63) is 41.5 Å². The number of rotatable bonds is 5. The number of fused-ring (bicyclic) bond motifs is 1. The molecular formula is C22H32N2. The summed E-state index contributed by atoms with van der Waals surface area (Å²) in [6, 6.07) is 10.2. The van der Waals surface area contributed by atoms with Crippen LogP contribution in [0.2, 0.25) is 0 Å². The van der Waals surface area contributed by atoms with Gasteiger partial charge in [0.15, 0.2) is 0 Å². The molecule has 0 amide bonds. The molecule has 0 aromatic heterocycles. The van der Waals surface area contributed by atoms with Gasteiger partial charge in [0.1, 0.15) is 0 Å². The van der Waals surface area contributed by atoms with Crippen molar-refractivity contribution in [2.24, 2.45) is 11.8 Å². The van der Waals surface area contributed by atoms with Gasteiger partial charge >= 0.3 is 0 Å². The van der Waals surface area contributed by atoms with Gasteiger partial charge in [-0.15, -0.1) is 0 Å². The molecule has 2 heteroatoms. The Bertz CT molecular complexity index is 580. The largest absolute Gasteiger partial charge is 0.303 e. The van der Waals surface area contributed by atoms with E-state index in [9.17, 15) is 0 Å². The van der Waals surface area contributed by atoms with E-state index in [1.54, 1.807) is 5.57 Å². The van der Waals surface area contributed by atoms with Crippen molar-refractivity contribution < 1.29 is 0 Å². The summed E-state index contributed by atoms with van der Waals surface area (Å²) in [5, 5.41) is 0. The zero-order valence-electron chi connectivity index (χ0n) is 15.4. The summed E-state index contributed by atoms with van der Waals surface area (Å²) < 4.78 is 0. The van der Waals surface area contributed by atoms with Gasteiger partial charge in [-0.3, -0.25) is 0 Å². The van der Waals surface area contributed by atoms with Crippen molar-refractivity contribution in [3.8, 4) is 0 Å². The molecule has 24 heavy (non-hydrogen) atoms. The second-order valence-corrected chi connectivity index (χ2v) is 8.31. The zero-order chi connectivity index (χ0) is 16.5. The fourth-order valence-corrected chi connectivity index (χ4v) is 4.84. The normalized spacial score (nSPS) is 27.9. The Morgan fingerprint density at radius 3 is 2.50 bits per heavy atom. The number of benzene rings is 1. The van der Waals surface area contributed by atoms with Gasteiger partial charge in [-0.2, -0.15) is 0 Å². The van der Waals surface area contributed by atoms with Crippen LogP contribution >= 0.6 is 0 Å². The van der Waals surface area contributed by atoms with Gasteiger partial charge in [-0.05, 0) is 75.2 Å². The van der Waals surface area contributed by atoms with E-state index >= 15 is 0 Å². The lowest BCUT2D eigenvalue weighted by Crippen LogP contribution is -2.28. The average Bonchev–Trinajstić information content (AvgIpc) is 3.30. The summed E-state index contributed by atoms with van der Waals surface area (Å²) in [4.78, 5) is 5.27. The van der Waals surface area contributed by atoms with E-state index in [0.29, 0.717) is 6.04 Å². The van der Waals surface area contributed by atoms with Gasteiger partial charge in [-0.25, -0.2) is 0 Å². The van der Waals surface area contributed by atoms with E-state index in [2.05, 4.69) is 54.0 Å². The number of allylic oxidation sites excluding steroid dienone is 1. The van der Waals surface area contributed by atoms with Crippen molar-refractivity contribution in [3.63, 3.8) is 0 Å². The van der Waals surface area contributed by atoms with Gasteiger partial charge < -0.3 is 9.80 Å². The second-order valence-electron chi connectivity index (χ2n) is 8.31. The van der Waals surface area contributed by atoms with Crippen molar-refractivity contribution in [2.75, 3.05) is 32.7 Å². The summed E-state index contributed by atoms with van der Waals surface area (Å²) in [6.07, 6.45) is 7.78. The highest BCUT2D eigenvalue weighted by Crippen LogP contribution is 2.43. The highest BCUT2D eigenvalue weighted by atomic mass is 15.2. The van der Waals surface area contributed by atoms with Crippen LogP contribution in [0, 0.1) is 11.8 Å². The molecule has 1 aliphatic carbocycles. The van der Waals surface area contributed by atoms with Crippen molar-refractivity contribution in [2.45, 2.75) is 45.6 Å². The summed E-state index contributed by atoms with van der Waals surface area (Å²) in [5.41, 5.74) is 4.59. The fraction of sp³-hybridized carbons (Fsp3) is 0.636. The van der Waals surface area contributed by atoms with Crippen LogP contribution in [-0.4, -0.2) is 48.6 Å². The predicted molar refractivity (Wildman–Crippen MR) is 102 cm³/mol. The Hall–Kier alpha value is -1.12. The molecule has 3 aliphatic rings. The Kier molecular flexibility index (Phi) is 4.78. The first-order chi connectivity index (χ1) is 11.7. The van der Waals surface area contributed by atoms with E-state index in [0.717, 1.165) is 11.8 Å². The maximum Gasteiger partial charge on any atom is 0.00565 e. The molecule has 0 N–H and O–H groups in total. The van der Waals surface area contributed by atoms with Crippen LogP contribution in [0.4, 0.5) is 0 Å². The van der Waals surface area contributed by atoms with Crippen molar-refractivity contribution >= 4 is 5.57 Å². The van der Waals surface area contributed by atoms with Crippen molar-refractivity contribution in [1.29, 1.82) is 0 Å². The Morgan fingerprint density at radius 2 is 1.79 bits per heavy atom. The molecule has 4 rings (SSSR count). The summed E-state index contributed by atoms with van der Waals surface area (Å²) in [7, 11) is 0. The van der Waals surface area contributed by atoms with Crippen molar-refractivity contribution in [1.82, 2.24) is 9.80 Å². The van der Waals surface area contributed by atoms with Crippen LogP contribution in [0.3, 0.4) is 0 Å². The summed E-state index contributed by atoms with van der Waals surface area (Å²) >= 11 is 0. The lowest BCUT2D eigenvalue weighted by Gasteiger charge is -2.21. The van der Waals surface area contributed by atoms with Gasteiger partial charge in [0.2, 0.25) is 0 Å².